The third kappa shape index (κ3) is 2.45. The van der Waals surface area contributed by atoms with Crippen LogP contribution in [0.15, 0.2) is 18.5 Å². The Morgan fingerprint density at radius 2 is 2.36 bits per heavy atom. The summed E-state index contributed by atoms with van der Waals surface area (Å²) in [6, 6.07) is 1.78. The minimum absolute atomic E-state index is 0.256. The molecule has 1 unspecified atom stereocenters. The summed E-state index contributed by atoms with van der Waals surface area (Å²) in [6.07, 6.45) is 7.26. The molecule has 0 aromatic carbocycles. The minimum Gasteiger partial charge on any atom is -0.398 e. The fourth-order valence-electron chi connectivity index (χ4n) is 1.68. The lowest BCUT2D eigenvalue weighted by Gasteiger charge is -2.10. The van der Waals surface area contributed by atoms with Gasteiger partial charge in [0.1, 0.15) is 0 Å². The highest BCUT2D eigenvalue weighted by Crippen LogP contribution is 2.34. The van der Waals surface area contributed by atoms with Crippen LogP contribution in [0.25, 0.3) is 0 Å². The molecule has 0 spiro atoms. The quantitative estimate of drug-likeness (QED) is 0.757. The summed E-state index contributed by atoms with van der Waals surface area (Å²) in [5, 5.41) is 9.75. The Kier molecular flexibility index (Phi) is 2.68. The largest absolute Gasteiger partial charge is 0.398 e. The van der Waals surface area contributed by atoms with Crippen molar-refractivity contribution >= 4 is 5.69 Å². The van der Waals surface area contributed by atoms with Crippen LogP contribution in [0.2, 0.25) is 0 Å². The van der Waals surface area contributed by atoms with Gasteiger partial charge in [0.2, 0.25) is 0 Å². The van der Waals surface area contributed by atoms with Crippen molar-refractivity contribution in [1.29, 1.82) is 0 Å². The van der Waals surface area contributed by atoms with Gasteiger partial charge in [0, 0.05) is 24.5 Å². The molecule has 3 heteroatoms. The predicted octanol–water partition coefficient (Wildman–Crippen LogP) is 1.37. The van der Waals surface area contributed by atoms with E-state index in [0.717, 1.165) is 23.6 Å². The molecule has 0 saturated heterocycles. The van der Waals surface area contributed by atoms with Crippen molar-refractivity contribution in [2.24, 2.45) is 5.92 Å². The molecule has 3 nitrogen and oxygen atoms in total. The lowest BCUT2D eigenvalue weighted by molar-refractivity contribution is 0.158. The van der Waals surface area contributed by atoms with E-state index in [0.29, 0.717) is 6.42 Å². The number of aliphatic hydroxyl groups is 1. The number of pyridine rings is 1. The summed E-state index contributed by atoms with van der Waals surface area (Å²) >= 11 is 0. The second-order valence-corrected chi connectivity index (χ2v) is 4.11. The van der Waals surface area contributed by atoms with Crippen LogP contribution in [0.4, 0.5) is 5.69 Å². The minimum atomic E-state index is -0.256. The number of aliphatic hydroxyl groups excluding tert-OH is 1. The van der Waals surface area contributed by atoms with Gasteiger partial charge in [-0.25, -0.2) is 0 Å². The monoisotopic (exact) mass is 192 g/mol. The first-order chi connectivity index (χ1) is 6.75. The summed E-state index contributed by atoms with van der Waals surface area (Å²) in [4.78, 5) is 4.00. The SMILES string of the molecule is Nc1ccncc1CC(O)CC1CC1. The van der Waals surface area contributed by atoms with E-state index in [-0.39, 0.29) is 6.10 Å². The first kappa shape index (κ1) is 9.46. The Bertz CT molecular complexity index is 310. The van der Waals surface area contributed by atoms with E-state index < -0.39 is 0 Å². The third-order valence-electron chi connectivity index (χ3n) is 2.70. The average Bonchev–Trinajstić information content (AvgIpc) is 2.93. The van der Waals surface area contributed by atoms with Crippen LogP contribution in [-0.4, -0.2) is 16.2 Å². The highest BCUT2D eigenvalue weighted by atomic mass is 16.3. The molecule has 0 amide bonds. The molecule has 1 aliphatic carbocycles. The van der Waals surface area contributed by atoms with Crippen LogP contribution in [0.1, 0.15) is 24.8 Å². The van der Waals surface area contributed by atoms with Crippen molar-refractivity contribution in [2.45, 2.75) is 31.8 Å². The maximum absolute atomic E-state index is 9.75. The van der Waals surface area contributed by atoms with E-state index in [1.165, 1.54) is 12.8 Å². The van der Waals surface area contributed by atoms with Crippen LogP contribution >= 0.6 is 0 Å². The third-order valence-corrected chi connectivity index (χ3v) is 2.70. The number of hydrogen-bond donors (Lipinski definition) is 2. The highest BCUT2D eigenvalue weighted by molar-refractivity contribution is 5.44. The molecule has 1 saturated carbocycles. The van der Waals surface area contributed by atoms with Gasteiger partial charge in [-0.2, -0.15) is 0 Å². The zero-order valence-electron chi connectivity index (χ0n) is 8.19. The number of anilines is 1. The van der Waals surface area contributed by atoms with Gasteiger partial charge in [0.05, 0.1) is 6.10 Å². The lowest BCUT2D eigenvalue weighted by atomic mass is 10.0. The van der Waals surface area contributed by atoms with Crippen molar-refractivity contribution in [3.8, 4) is 0 Å². The van der Waals surface area contributed by atoms with Crippen molar-refractivity contribution in [3.05, 3.63) is 24.0 Å². The Morgan fingerprint density at radius 3 is 3.00 bits per heavy atom. The summed E-state index contributed by atoms with van der Waals surface area (Å²) < 4.78 is 0. The van der Waals surface area contributed by atoms with E-state index in [9.17, 15) is 5.11 Å². The van der Waals surface area contributed by atoms with E-state index in [2.05, 4.69) is 4.98 Å². The van der Waals surface area contributed by atoms with Gasteiger partial charge in [-0.3, -0.25) is 4.98 Å². The van der Waals surface area contributed by atoms with Gasteiger partial charge in [-0.1, -0.05) is 12.8 Å². The molecule has 2 rings (SSSR count). The second-order valence-electron chi connectivity index (χ2n) is 4.11. The number of hydrogen-bond acceptors (Lipinski definition) is 3. The van der Waals surface area contributed by atoms with Crippen molar-refractivity contribution in [1.82, 2.24) is 4.98 Å². The molecule has 0 bridgehead atoms. The van der Waals surface area contributed by atoms with E-state index in [1.54, 1.807) is 18.5 Å². The van der Waals surface area contributed by atoms with Crippen LogP contribution in [-0.2, 0) is 6.42 Å². The standard InChI is InChI=1S/C11H16N2O/c12-11-3-4-13-7-9(11)6-10(14)5-8-1-2-8/h3-4,7-8,10,14H,1-2,5-6H2,(H2,12,13). The van der Waals surface area contributed by atoms with E-state index in [4.69, 9.17) is 5.73 Å². The summed E-state index contributed by atoms with van der Waals surface area (Å²) in [7, 11) is 0. The maximum atomic E-state index is 9.75. The molecule has 0 radical (unpaired) electrons. The summed E-state index contributed by atoms with van der Waals surface area (Å²) in [6.45, 7) is 0. The molecular formula is C11H16N2O. The average molecular weight is 192 g/mol. The Morgan fingerprint density at radius 1 is 1.57 bits per heavy atom. The zero-order valence-corrected chi connectivity index (χ0v) is 8.19. The zero-order chi connectivity index (χ0) is 9.97. The summed E-state index contributed by atoms with van der Waals surface area (Å²) in [5.41, 5.74) is 7.45. The number of nitrogens with zero attached hydrogens (tertiary/aromatic N) is 1. The predicted molar refractivity (Wildman–Crippen MR) is 55.7 cm³/mol. The number of nitrogen functional groups attached to an aromatic ring is 1. The van der Waals surface area contributed by atoms with Crippen molar-refractivity contribution in [2.75, 3.05) is 5.73 Å². The van der Waals surface area contributed by atoms with Crippen LogP contribution < -0.4 is 5.73 Å². The first-order valence-electron chi connectivity index (χ1n) is 5.12. The van der Waals surface area contributed by atoms with E-state index in [1.807, 2.05) is 0 Å². The normalized spacial score (nSPS) is 18.1. The molecular weight excluding hydrogens is 176 g/mol. The van der Waals surface area contributed by atoms with Gasteiger partial charge >= 0.3 is 0 Å². The molecule has 1 aromatic rings. The molecule has 1 heterocycles. The van der Waals surface area contributed by atoms with Crippen molar-refractivity contribution in [3.63, 3.8) is 0 Å². The Balaban J connectivity index is 1.91. The molecule has 0 aliphatic heterocycles. The van der Waals surface area contributed by atoms with Gasteiger partial charge in [0.15, 0.2) is 0 Å². The Labute approximate surface area is 84.0 Å². The second kappa shape index (κ2) is 3.96. The molecule has 1 aliphatic rings. The number of rotatable bonds is 4. The molecule has 76 valence electrons. The van der Waals surface area contributed by atoms with Gasteiger partial charge in [-0.15, -0.1) is 0 Å². The van der Waals surface area contributed by atoms with Crippen LogP contribution in [0.5, 0.6) is 0 Å². The lowest BCUT2D eigenvalue weighted by Crippen LogP contribution is -2.12. The van der Waals surface area contributed by atoms with Crippen LogP contribution in [0, 0.1) is 5.92 Å². The van der Waals surface area contributed by atoms with Crippen molar-refractivity contribution < 1.29 is 5.11 Å². The fourth-order valence-corrected chi connectivity index (χ4v) is 1.68. The Hall–Kier alpha value is -1.09. The molecule has 3 N–H and O–H groups in total. The maximum Gasteiger partial charge on any atom is 0.0584 e. The number of aromatic nitrogens is 1. The van der Waals surface area contributed by atoms with Gasteiger partial charge in [0.25, 0.3) is 0 Å². The molecule has 1 aromatic heterocycles. The molecule has 1 fully saturated rings. The fraction of sp³-hybridized carbons (Fsp3) is 0.545. The summed E-state index contributed by atoms with van der Waals surface area (Å²) in [5.74, 6) is 0.753. The topological polar surface area (TPSA) is 59.1 Å². The number of nitrogens with two attached hydrogens (primary N) is 1. The first-order valence-corrected chi connectivity index (χ1v) is 5.12. The molecule has 14 heavy (non-hydrogen) atoms. The van der Waals surface area contributed by atoms with Gasteiger partial charge in [-0.05, 0) is 24.0 Å². The van der Waals surface area contributed by atoms with E-state index >= 15 is 0 Å². The highest BCUT2D eigenvalue weighted by Gasteiger charge is 2.24. The molecule has 1 atom stereocenters. The van der Waals surface area contributed by atoms with Crippen LogP contribution in [0.3, 0.4) is 0 Å². The van der Waals surface area contributed by atoms with Gasteiger partial charge < -0.3 is 10.8 Å². The smallest absolute Gasteiger partial charge is 0.0584 e.